The third-order valence-corrected chi connectivity index (χ3v) is 16.2. The first kappa shape index (κ1) is 27.7. The lowest BCUT2D eigenvalue weighted by atomic mass is 10.0. The smallest absolute Gasteiger partial charge is 0.360 e. The topological polar surface area (TPSA) is 74.2 Å². The van der Waals surface area contributed by atoms with E-state index in [4.69, 9.17) is 17.1 Å². The first-order valence-electron chi connectivity index (χ1n) is 11.1. The summed E-state index contributed by atoms with van der Waals surface area (Å²) in [5.41, 5.74) is 0.779. The molecule has 2 rings (SSSR count). The fraction of sp³-hybridized carbons (Fsp3) is 0.435. The Bertz CT molecular complexity index is 927. The van der Waals surface area contributed by atoms with Gasteiger partial charge in [-0.1, -0.05) is 30.3 Å². The molecule has 181 valence electrons. The second kappa shape index (κ2) is 11.3. The SMILES string of the molecule is C[Si](O[Si](C)(C)C)O[Si](C)(CCOc1ccc(C(=O)c2ccccc2)c(O)c1)O[Si](C)(C)C. The monoisotopic (exact) mass is 521 g/mol. The third-order valence-electron chi connectivity index (χ3n) is 4.41. The van der Waals surface area contributed by atoms with Crippen molar-refractivity contribution in [1.29, 1.82) is 0 Å². The van der Waals surface area contributed by atoms with Gasteiger partial charge < -0.3 is 22.2 Å². The zero-order valence-electron chi connectivity index (χ0n) is 21.0. The molecule has 1 atom stereocenters. The normalized spacial score (nSPS) is 14.2. The molecule has 0 spiro atoms. The highest BCUT2D eigenvalue weighted by Gasteiger charge is 2.39. The van der Waals surface area contributed by atoms with Crippen LogP contribution in [0.5, 0.6) is 11.5 Å². The molecule has 0 aliphatic carbocycles. The summed E-state index contributed by atoms with van der Waals surface area (Å²) < 4.78 is 25.1. The Hall–Kier alpha value is -1.54. The summed E-state index contributed by atoms with van der Waals surface area (Å²) in [6.07, 6.45) is 0. The van der Waals surface area contributed by atoms with Crippen LogP contribution in [0.4, 0.5) is 0 Å². The number of hydrogen-bond donors (Lipinski definition) is 1. The summed E-state index contributed by atoms with van der Waals surface area (Å²) in [4.78, 5) is 12.6. The second-order valence-electron chi connectivity index (χ2n) is 10.1. The number of carbonyl (C=O) groups is 1. The van der Waals surface area contributed by atoms with Gasteiger partial charge in [0.15, 0.2) is 22.4 Å². The zero-order chi connectivity index (χ0) is 24.9. The van der Waals surface area contributed by atoms with E-state index in [-0.39, 0.29) is 17.1 Å². The van der Waals surface area contributed by atoms with Gasteiger partial charge in [-0.3, -0.25) is 4.79 Å². The van der Waals surface area contributed by atoms with Crippen molar-refractivity contribution >= 4 is 40.3 Å². The van der Waals surface area contributed by atoms with Gasteiger partial charge in [0.2, 0.25) is 0 Å². The number of phenolic OH excluding ortho intramolecular Hbond substituents is 1. The van der Waals surface area contributed by atoms with Crippen LogP contribution in [-0.4, -0.2) is 52.0 Å². The summed E-state index contributed by atoms with van der Waals surface area (Å²) >= 11 is 0. The van der Waals surface area contributed by atoms with Gasteiger partial charge in [0.25, 0.3) is 0 Å². The number of phenols is 1. The minimum absolute atomic E-state index is 0.0986. The number of rotatable bonds is 12. The van der Waals surface area contributed by atoms with Gasteiger partial charge in [0.05, 0.1) is 12.2 Å². The first-order valence-corrected chi connectivity index (χ1v) is 22.3. The van der Waals surface area contributed by atoms with Crippen molar-refractivity contribution < 1.29 is 27.0 Å². The van der Waals surface area contributed by atoms with Crippen molar-refractivity contribution in [3.8, 4) is 11.5 Å². The van der Waals surface area contributed by atoms with E-state index in [2.05, 4.69) is 45.8 Å². The van der Waals surface area contributed by atoms with Crippen molar-refractivity contribution in [2.24, 2.45) is 0 Å². The molecule has 0 fully saturated rings. The lowest BCUT2D eigenvalue weighted by Gasteiger charge is -2.36. The Morgan fingerprint density at radius 1 is 0.909 bits per heavy atom. The zero-order valence-corrected chi connectivity index (χ0v) is 25.0. The average Bonchev–Trinajstić information content (AvgIpc) is 2.65. The van der Waals surface area contributed by atoms with Crippen LogP contribution in [0.2, 0.25) is 58.4 Å². The molecule has 33 heavy (non-hydrogen) atoms. The standard InChI is InChI=1S/C23H37O6Si4/c1-30(27-31(2,3)4)28-33(8,29-32(5,6)7)17-16-26-20-14-15-21(22(24)18-20)23(25)19-12-10-9-11-13-19/h9-15,18,24H,16-17H2,1-8H3. The number of ether oxygens (including phenoxy) is 1. The lowest BCUT2D eigenvalue weighted by molar-refractivity contribution is 0.103. The summed E-state index contributed by atoms with van der Waals surface area (Å²) in [7, 11) is -7.48. The van der Waals surface area contributed by atoms with Crippen LogP contribution in [-0.2, 0) is 12.3 Å². The van der Waals surface area contributed by atoms with E-state index < -0.39 is 34.5 Å². The largest absolute Gasteiger partial charge is 0.507 e. The highest BCUT2D eigenvalue weighted by atomic mass is 28.5. The number of aromatic hydroxyl groups is 1. The van der Waals surface area contributed by atoms with Gasteiger partial charge >= 0.3 is 17.8 Å². The Kier molecular flexibility index (Phi) is 9.45. The van der Waals surface area contributed by atoms with Crippen LogP contribution in [0.15, 0.2) is 48.5 Å². The molecule has 0 amide bonds. The van der Waals surface area contributed by atoms with Crippen molar-refractivity contribution in [3.05, 3.63) is 59.7 Å². The Labute approximate surface area is 203 Å². The van der Waals surface area contributed by atoms with Crippen molar-refractivity contribution in [3.63, 3.8) is 0 Å². The quantitative estimate of drug-likeness (QED) is 0.276. The first-order chi connectivity index (χ1) is 15.2. The molecule has 0 saturated carbocycles. The minimum atomic E-state index is -2.53. The summed E-state index contributed by atoms with van der Waals surface area (Å²) in [6.45, 7) is 17.4. The number of hydrogen-bond acceptors (Lipinski definition) is 6. The number of ketones is 1. The molecule has 2 aromatic rings. The fourth-order valence-corrected chi connectivity index (χ4v) is 16.9. The van der Waals surface area contributed by atoms with Gasteiger partial charge in [-0.15, -0.1) is 0 Å². The molecule has 10 heteroatoms. The van der Waals surface area contributed by atoms with E-state index in [1.54, 1.807) is 36.4 Å². The maximum Gasteiger partial charge on any atom is 0.360 e. The molecule has 6 nitrogen and oxygen atoms in total. The number of benzene rings is 2. The fourth-order valence-electron chi connectivity index (χ4n) is 3.42. The third kappa shape index (κ3) is 9.69. The predicted molar refractivity (Wildman–Crippen MR) is 141 cm³/mol. The average molecular weight is 522 g/mol. The molecular weight excluding hydrogens is 485 g/mol. The van der Waals surface area contributed by atoms with E-state index in [1.165, 1.54) is 6.07 Å². The van der Waals surface area contributed by atoms with E-state index >= 15 is 0 Å². The molecule has 1 unspecified atom stereocenters. The van der Waals surface area contributed by atoms with Gasteiger partial charge in [-0.25, -0.2) is 0 Å². The molecule has 1 radical (unpaired) electrons. The lowest BCUT2D eigenvalue weighted by Crippen LogP contribution is -2.52. The van der Waals surface area contributed by atoms with E-state index in [0.29, 0.717) is 24.0 Å². The van der Waals surface area contributed by atoms with Gasteiger partial charge in [-0.2, -0.15) is 0 Å². The Morgan fingerprint density at radius 3 is 2.09 bits per heavy atom. The highest BCUT2D eigenvalue weighted by Crippen LogP contribution is 2.27. The molecule has 1 N–H and O–H groups in total. The maximum atomic E-state index is 12.6. The van der Waals surface area contributed by atoms with Crippen LogP contribution < -0.4 is 4.74 Å². The summed E-state index contributed by atoms with van der Waals surface area (Å²) in [5.74, 6) is 0.178. The second-order valence-corrected chi connectivity index (χ2v) is 24.8. The van der Waals surface area contributed by atoms with E-state index in [1.807, 2.05) is 12.6 Å². The maximum absolute atomic E-state index is 12.6. The van der Waals surface area contributed by atoms with Crippen LogP contribution in [0.3, 0.4) is 0 Å². The summed E-state index contributed by atoms with van der Waals surface area (Å²) in [5, 5.41) is 10.4. The highest BCUT2D eigenvalue weighted by molar-refractivity contribution is 6.85. The van der Waals surface area contributed by atoms with Gasteiger partial charge in [0.1, 0.15) is 11.5 Å². The van der Waals surface area contributed by atoms with Crippen LogP contribution in [0.25, 0.3) is 0 Å². The molecule has 0 heterocycles. The molecular formula is C23H37O6Si4. The van der Waals surface area contributed by atoms with Crippen molar-refractivity contribution in [2.45, 2.75) is 58.4 Å². The molecule has 0 bridgehead atoms. The number of carbonyl (C=O) groups excluding carboxylic acids is 1. The predicted octanol–water partition coefficient (Wildman–Crippen LogP) is 5.91. The van der Waals surface area contributed by atoms with Gasteiger partial charge in [0, 0.05) is 17.7 Å². The van der Waals surface area contributed by atoms with Crippen LogP contribution >= 0.6 is 0 Å². The molecule has 2 aromatic carbocycles. The summed E-state index contributed by atoms with van der Waals surface area (Å²) in [6, 6.07) is 14.3. The van der Waals surface area contributed by atoms with E-state index in [9.17, 15) is 9.90 Å². The van der Waals surface area contributed by atoms with Crippen LogP contribution in [0, 0.1) is 0 Å². The minimum Gasteiger partial charge on any atom is -0.507 e. The molecule has 0 aliphatic heterocycles. The van der Waals surface area contributed by atoms with Crippen LogP contribution in [0.1, 0.15) is 15.9 Å². The van der Waals surface area contributed by atoms with Crippen molar-refractivity contribution in [2.75, 3.05) is 6.61 Å². The molecule has 0 saturated heterocycles. The molecule has 0 aromatic heterocycles. The van der Waals surface area contributed by atoms with Crippen molar-refractivity contribution in [1.82, 2.24) is 0 Å². The molecule has 0 aliphatic rings. The van der Waals surface area contributed by atoms with Gasteiger partial charge in [-0.05, 0) is 64.5 Å². The Morgan fingerprint density at radius 2 is 1.55 bits per heavy atom. The van der Waals surface area contributed by atoms with E-state index in [0.717, 1.165) is 0 Å². The Balaban J connectivity index is 2.05.